The molecule has 2 rings (SSSR count). The molecule has 0 aliphatic rings. The van der Waals surface area contributed by atoms with Gasteiger partial charge < -0.3 is 14.8 Å². The Bertz CT molecular complexity index is 699. The first kappa shape index (κ1) is 16.0. The summed E-state index contributed by atoms with van der Waals surface area (Å²) in [6.07, 6.45) is 0. The third-order valence-electron chi connectivity index (χ3n) is 3.12. The van der Waals surface area contributed by atoms with Crippen molar-refractivity contribution in [2.24, 2.45) is 0 Å². The molecule has 22 heavy (non-hydrogen) atoms. The molecule has 0 aliphatic carbocycles. The van der Waals surface area contributed by atoms with Crippen LogP contribution in [0.1, 0.15) is 22.8 Å². The number of ether oxygens (including phenoxy) is 2. The molecule has 4 nitrogen and oxygen atoms in total. The molecule has 2 aromatic rings. The van der Waals surface area contributed by atoms with E-state index >= 15 is 0 Å². The zero-order chi connectivity index (χ0) is 16.1. The maximum Gasteiger partial charge on any atom is 0.266 e. The number of methoxy groups -OCH3 is 1. The first-order chi connectivity index (χ1) is 10.5. The molecule has 0 atom stereocenters. The van der Waals surface area contributed by atoms with Gasteiger partial charge in [-0.3, -0.25) is 4.79 Å². The van der Waals surface area contributed by atoms with Crippen molar-refractivity contribution in [1.29, 1.82) is 0 Å². The normalized spacial score (nSPS) is 9.95. The van der Waals surface area contributed by atoms with E-state index in [4.69, 9.17) is 21.7 Å². The fraction of sp³-hybridized carbons (Fsp3) is 0.176. The number of carbonyl (C=O) groups excluding carboxylic acids is 1. The standard InChI is InChI=1S/C17H17NO3S/c1-11-9-16(20-3)15(10-14(11)12(2)19)18-17(22)21-13-7-5-4-6-8-13/h4-10H,1-3H3,(H,18,22). The van der Waals surface area contributed by atoms with Crippen molar-refractivity contribution < 1.29 is 14.3 Å². The minimum atomic E-state index is -0.0156. The number of carbonyl (C=O) groups is 1. The van der Waals surface area contributed by atoms with E-state index in [2.05, 4.69) is 5.32 Å². The van der Waals surface area contributed by atoms with Crippen molar-refractivity contribution in [3.05, 3.63) is 53.6 Å². The Hall–Kier alpha value is -2.40. The zero-order valence-electron chi connectivity index (χ0n) is 12.7. The highest BCUT2D eigenvalue weighted by Crippen LogP contribution is 2.29. The number of para-hydroxylation sites is 1. The van der Waals surface area contributed by atoms with Crippen LogP contribution in [0.3, 0.4) is 0 Å². The van der Waals surface area contributed by atoms with Crippen LogP contribution in [0.5, 0.6) is 11.5 Å². The van der Waals surface area contributed by atoms with Crippen molar-refractivity contribution in [3.63, 3.8) is 0 Å². The second-order valence-electron chi connectivity index (χ2n) is 4.75. The Morgan fingerprint density at radius 1 is 1.18 bits per heavy atom. The van der Waals surface area contributed by atoms with E-state index in [0.29, 0.717) is 22.7 Å². The number of aryl methyl sites for hydroxylation is 1. The Labute approximate surface area is 135 Å². The van der Waals surface area contributed by atoms with Gasteiger partial charge >= 0.3 is 0 Å². The van der Waals surface area contributed by atoms with E-state index in [0.717, 1.165) is 5.56 Å². The topological polar surface area (TPSA) is 47.6 Å². The predicted octanol–water partition coefficient (Wildman–Crippen LogP) is 3.98. The molecular weight excluding hydrogens is 298 g/mol. The van der Waals surface area contributed by atoms with Gasteiger partial charge in [-0.05, 0) is 55.9 Å². The molecule has 0 spiro atoms. The average molecular weight is 315 g/mol. The van der Waals surface area contributed by atoms with Crippen LogP contribution in [0.15, 0.2) is 42.5 Å². The lowest BCUT2D eigenvalue weighted by molar-refractivity contribution is 0.101. The van der Waals surface area contributed by atoms with Gasteiger partial charge in [-0.15, -0.1) is 0 Å². The Morgan fingerprint density at radius 3 is 2.45 bits per heavy atom. The summed E-state index contributed by atoms with van der Waals surface area (Å²) in [5.74, 6) is 1.22. The maximum absolute atomic E-state index is 11.7. The molecule has 0 bridgehead atoms. The van der Waals surface area contributed by atoms with Crippen molar-refractivity contribution in [3.8, 4) is 11.5 Å². The lowest BCUT2D eigenvalue weighted by Gasteiger charge is -2.15. The van der Waals surface area contributed by atoms with Gasteiger partial charge in [0.05, 0.1) is 12.8 Å². The van der Waals surface area contributed by atoms with E-state index in [9.17, 15) is 4.79 Å². The number of rotatable bonds is 4. The highest BCUT2D eigenvalue weighted by atomic mass is 32.1. The molecule has 0 heterocycles. The molecular formula is C17H17NO3S. The molecule has 2 aromatic carbocycles. The second kappa shape index (κ2) is 7.04. The lowest BCUT2D eigenvalue weighted by Crippen LogP contribution is -2.17. The zero-order valence-corrected chi connectivity index (χ0v) is 13.5. The summed E-state index contributed by atoms with van der Waals surface area (Å²) >= 11 is 5.19. The number of nitrogens with one attached hydrogen (secondary N) is 1. The first-order valence-corrected chi connectivity index (χ1v) is 7.15. The number of thiocarbonyl (C=S) groups is 1. The van der Waals surface area contributed by atoms with Gasteiger partial charge in [0.25, 0.3) is 5.17 Å². The highest BCUT2D eigenvalue weighted by molar-refractivity contribution is 7.80. The SMILES string of the molecule is COc1cc(C)c(C(C)=O)cc1NC(=S)Oc1ccccc1. The van der Waals surface area contributed by atoms with Crippen LogP contribution in [-0.2, 0) is 0 Å². The molecule has 0 unspecified atom stereocenters. The summed E-state index contributed by atoms with van der Waals surface area (Å²) in [6.45, 7) is 3.39. The fourth-order valence-electron chi connectivity index (χ4n) is 2.06. The van der Waals surface area contributed by atoms with E-state index in [1.54, 1.807) is 31.4 Å². The molecule has 114 valence electrons. The summed E-state index contributed by atoms with van der Waals surface area (Å²) in [5, 5.41) is 3.15. The second-order valence-corrected chi connectivity index (χ2v) is 5.12. The quantitative estimate of drug-likeness (QED) is 0.683. The summed E-state index contributed by atoms with van der Waals surface area (Å²) in [5.41, 5.74) is 2.06. The van der Waals surface area contributed by atoms with Crippen LogP contribution in [0.2, 0.25) is 0 Å². The van der Waals surface area contributed by atoms with E-state index < -0.39 is 0 Å². The van der Waals surface area contributed by atoms with Crippen molar-refractivity contribution >= 4 is 28.9 Å². The van der Waals surface area contributed by atoms with Gasteiger partial charge in [-0.25, -0.2) is 0 Å². The lowest BCUT2D eigenvalue weighted by atomic mass is 10.0. The van der Waals surface area contributed by atoms with Crippen LogP contribution in [0, 0.1) is 6.92 Å². The Kier molecular flexibility index (Phi) is 5.12. The van der Waals surface area contributed by atoms with Gasteiger partial charge in [0.15, 0.2) is 5.78 Å². The van der Waals surface area contributed by atoms with Crippen molar-refractivity contribution in [2.75, 3.05) is 12.4 Å². The minimum Gasteiger partial charge on any atom is -0.495 e. The summed E-state index contributed by atoms with van der Waals surface area (Å²) < 4.78 is 10.9. The Morgan fingerprint density at radius 2 is 1.86 bits per heavy atom. The van der Waals surface area contributed by atoms with Gasteiger partial charge in [0.2, 0.25) is 0 Å². The molecule has 1 N–H and O–H groups in total. The minimum absolute atomic E-state index is 0.0156. The van der Waals surface area contributed by atoms with Crippen LogP contribution < -0.4 is 14.8 Å². The van der Waals surface area contributed by atoms with Gasteiger partial charge in [0, 0.05) is 5.56 Å². The number of benzene rings is 2. The molecule has 0 radical (unpaired) electrons. The van der Waals surface area contributed by atoms with Crippen molar-refractivity contribution in [1.82, 2.24) is 0 Å². The summed E-state index contributed by atoms with van der Waals surface area (Å²) in [6, 6.07) is 12.7. The molecule has 0 aromatic heterocycles. The molecule has 0 fully saturated rings. The van der Waals surface area contributed by atoms with Gasteiger partial charge in [-0.1, -0.05) is 18.2 Å². The Balaban J connectivity index is 2.22. The van der Waals surface area contributed by atoms with Gasteiger partial charge in [0.1, 0.15) is 11.5 Å². The molecule has 0 amide bonds. The van der Waals surface area contributed by atoms with E-state index in [1.807, 2.05) is 25.1 Å². The van der Waals surface area contributed by atoms with Crippen LogP contribution in [0.25, 0.3) is 0 Å². The smallest absolute Gasteiger partial charge is 0.266 e. The number of hydrogen-bond acceptors (Lipinski definition) is 4. The number of anilines is 1. The van der Waals surface area contributed by atoms with Crippen LogP contribution in [0.4, 0.5) is 5.69 Å². The third kappa shape index (κ3) is 3.83. The maximum atomic E-state index is 11.7. The summed E-state index contributed by atoms with van der Waals surface area (Å²) in [4.78, 5) is 11.7. The summed E-state index contributed by atoms with van der Waals surface area (Å²) in [7, 11) is 1.56. The highest BCUT2D eigenvalue weighted by Gasteiger charge is 2.12. The van der Waals surface area contributed by atoms with Crippen LogP contribution in [-0.4, -0.2) is 18.1 Å². The molecule has 0 aliphatic heterocycles. The number of Topliss-reactive ketones (excluding diaryl/α,β-unsaturated/α-hetero) is 1. The number of ketones is 1. The largest absolute Gasteiger partial charge is 0.495 e. The van der Waals surface area contributed by atoms with Crippen molar-refractivity contribution in [2.45, 2.75) is 13.8 Å². The van der Waals surface area contributed by atoms with E-state index in [-0.39, 0.29) is 11.0 Å². The molecule has 0 saturated heterocycles. The van der Waals surface area contributed by atoms with Crippen LogP contribution >= 0.6 is 12.2 Å². The van der Waals surface area contributed by atoms with Gasteiger partial charge in [-0.2, -0.15) is 0 Å². The average Bonchev–Trinajstić information content (AvgIpc) is 2.49. The monoisotopic (exact) mass is 315 g/mol. The predicted molar refractivity (Wildman–Crippen MR) is 91.0 cm³/mol. The number of hydrogen-bond donors (Lipinski definition) is 1. The fourth-order valence-corrected chi connectivity index (χ4v) is 2.26. The van der Waals surface area contributed by atoms with E-state index in [1.165, 1.54) is 6.92 Å². The molecule has 5 heteroatoms. The third-order valence-corrected chi connectivity index (χ3v) is 3.30. The first-order valence-electron chi connectivity index (χ1n) is 6.74. The molecule has 0 saturated carbocycles.